The Morgan fingerprint density at radius 1 is 1.09 bits per heavy atom. The van der Waals surface area contributed by atoms with E-state index in [0.717, 1.165) is 38.4 Å². The molecular formula is C24H22FN3O2S2. The van der Waals surface area contributed by atoms with Crippen molar-refractivity contribution >= 4 is 50.6 Å². The van der Waals surface area contributed by atoms with Crippen LogP contribution in [0.4, 0.5) is 15.8 Å². The third-order valence-electron chi connectivity index (χ3n) is 4.95. The average molecular weight is 468 g/mol. The van der Waals surface area contributed by atoms with Gasteiger partial charge in [0.05, 0.1) is 28.9 Å². The first-order valence-electron chi connectivity index (χ1n) is 10.1. The Balaban J connectivity index is 1.48. The van der Waals surface area contributed by atoms with Crippen molar-refractivity contribution in [3.05, 3.63) is 87.3 Å². The van der Waals surface area contributed by atoms with E-state index in [4.69, 9.17) is 5.73 Å². The minimum Gasteiger partial charge on any atom is -0.396 e. The summed E-state index contributed by atoms with van der Waals surface area (Å²) in [5.74, 6) is 0.412. The standard InChI is InChI=1S/C24H22FN3O2S2/c1-2-31-18-7-3-15(4-8-18)12-23(29)27-17-6-10-21-22(13-17)32-24(30)28(21)14-16-5-9-19(25)20(26)11-16/h3-11,13H,2,12,14,26H2,1H3,(H,27,29). The summed E-state index contributed by atoms with van der Waals surface area (Å²) in [6.07, 6.45) is 0.276. The molecule has 4 aromatic rings. The maximum atomic E-state index is 13.4. The van der Waals surface area contributed by atoms with Gasteiger partial charge in [-0.1, -0.05) is 36.5 Å². The van der Waals surface area contributed by atoms with Crippen LogP contribution in [0, 0.1) is 5.82 Å². The first-order chi connectivity index (χ1) is 15.4. The highest BCUT2D eigenvalue weighted by atomic mass is 32.2. The molecule has 0 unspecified atom stereocenters. The van der Waals surface area contributed by atoms with Crippen molar-refractivity contribution in [2.45, 2.75) is 24.8 Å². The van der Waals surface area contributed by atoms with Gasteiger partial charge in [0.25, 0.3) is 0 Å². The lowest BCUT2D eigenvalue weighted by molar-refractivity contribution is -0.115. The Hall–Kier alpha value is -3.10. The monoisotopic (exact) mass is 467 g/mol. The number of thioether (sulfide) groups is 1. The molecule has 1 aromatic heterocycles. The lowest BCUT2D eigenvalue weighted by Gasteiger charge is -2.08. The van der Waals surface area contributed by atoms with Gasteiger partial charge in [-0.05, 0) is 59.3 Å². The third-order valence-corrected chi connectivity index (χ3v) is 6.79. The van der Waals surface area contributed by atoms with Crippen LogP contribution in [0.2, 0.25) is 0 Å². The Bertz CT molecular complexity index is 1330. The van der Waals surface area contributed by atoms with E-state index in [2.05, 4.69) is 12.2 Å². The molecule has 0 radical (unpaired) electrons. The van der Waals surface area contributed by atoms with Crippen molar-refractivity contribution in [2.75, 3.05) is 16.8 Å². The van der Waals surface area contributed by atoms with Crippen molar-refractivity contribution in [3.8, 4) is 0 Å². The molecule has 3 N–H and O–H groups in total. The summed E-state index contributed by atoms with van der Waals surface area (Å²) in [6.45, 7) is 2.40. The van der Waals surface area contributed by atoms with Crippen LogP contribution < -0.4 is 15.9 Å². The summed E-state index contributed by atoms with van der Waals surface area (Å²) in [7, 11) is 0. The van der Waals surface area contributed by atoms with E-state index >= 15 is 0 Å². The summed E-state index contributed by atoms with van der Waals surface area (Å²) in [6, 6.07) is 17.8. The molecule has 0 fully saturated rings. The molecule has 0 saturated carbocycles. The van der Waals surface area contributed by atoms with Gasteiger partial charge in [-0.15, -0.1) is 11.8 Å². The van der Waals surface area contributed by atoms with Gasteiger partial charge in [0.1, 0.15) is 5.82 Å². The normalized spacial score (nSPS) is 11.1. The lowest BCUT2D eigenvalue weighted by Crippen LogP contribution is -2.14. The molecule has 1 amide bonds. The van der Waals surface area contributed by atoms with Crippen LogP contribution in [0.3, 0.4) is 0 Å². The Labute approximate surface area is 193 Å². The highest BCUT2D eigenvalue weighted by molar-refractivity contribution is 7.99. The van der Waals surface area contributed by atoms with E-state index in [9.17, 15) is 14.0 Å². The van der Waals surface area contributed by atoms with Crippen LogP contribution in [0.1, 0.15) is 18.1 Å². The fraction of sp³-hybridized carbons (Fsp3) is 0.167. The molecule has 0 aliphatic carbocycles. The SMILES string of the molecule is CCSc1ccc(CC(=O)Nc2ccc3c(c2)sc(=O)n3Cc2ccc(F)c(N)c2)cc1. The van der Waals surface area contributed by atoms with Gasteiger partial charge in [0, 0.05) is 10.6 Å². The van der Waals surface area contributed by atoms with Gasteiger partial charge in [-0.3, -0.25) is 14.2 Å². The molecule has 5 nitrogen and oxygen atoms in total. The molecule has 0 spiro atoms. The highest BCUT2D eigenvalue weighted by Crippen LogP contribution is 2.24. The summed E-state index contributed by atoms with van der Waals surface area (Å²) in [5, 5.41) is 2.91. The Morgan fingerprint density at radius 3 is 2.56 bits per heavy atom. The smallest absolute Gasteiger partial charge is 0.308 e. The number of aromatic nitrogens is 1. The zero-order valence-electron chi connectivity index (χ0n) is 17.4. The molecule has 3 aromatic carbocycles. The number of benzene rings is 3. The average Bonchev–Trinajstić information content (AvgIpc) is 3.06. The highest BCUT2D eigenvalue weighted by Gasteiger charge is 2.11. The van der Waals surface area contributed by atoms with Crippen molar-refractivity contribution in [1.29, 1.82) is 0 Å². The predicted octanol–water partition coefficient (Wildman–Crippen LogP) is 5.13. The van der Waals surface area contributed by atoms with Crippen LogP contribution >= 0.6 is 23.1 Å². The number of carbonyl (C=O) groups excluding carboxylic acids is 1. The van der Waals surface area contributed by atoms with Gasteiger partial charge in [-0.25, -0.2) is 4.39 Å². The summed E-state index contributed by atoms with van der Waals surface area (Å²) < 4.78 is 15.8. The molecule has 0 saturated heterocycles. The Kier molecular flexibility index (Phi) is 6.62. The number of hydrogen-bond donors (Lipinski definition) is 2. The van der Waals surface area contributed by atoms with E-state index in [0.29, 0.717) is 12.2 Å². The molecule has 0 aliphatic rings. The minimum absolute atomic E-state index is 0.0545. The molecular weight excluding hydrogens is 445 g/mol. The molecule has 164 valence electrons. The molecule has 0 aliphatic heterocycles. The second kappa shape index (κ2) is 9.58. The number of nitrogen functional groups attached to an aromatic ring is 1. The zero-order valence-corrected chi connectivity index (χ0v) is 19.1. The largest absolute Gasteiger partial charge is 0.396 e. The second-order valence-corrected chi connectivity index (χ2v) is 9.63. The van der Waals surface area contributed by atoms with Crippen molar-refractivity contribution < 1.29 is 9.18 Å². The lowest BCUT2D eigenvalue weighted by atomic mass is 10.1. The van der Waals surface area contributed by atoms with E-state index in [1.165, 1.54) is 17.0 Å². The number of nitrogens with zero attached hydrogens (tertiary/aromatic N) is 1. The topological polar surface area (TPSA) is 77.1 Å². The quantitative estimate of drug-likeness (QED) is 0.292. The maximum Gasteiger partial charge on any atom is 0.308 e. The van der Waals surface area contributed by atoms with E-state index in [-0.39, 0.29) is 22.9 Å². The molecule has 0 atom stereocenters. The number of thiazole rings is 1. The summed E-state index contributed by atoms with van der Waals surface area (Å²) in [4.78, 5) is 26.1. The van der Waals surface area contributed by atoms with Crippen LogP contribution in [0.25, 0.3) is 10.2 Å². The second-order valence-electron chi connectivity index (χ2n) is 7.29. The van der Waals surface area contributed by atoms with Gasteiger partial charge < -0.3 is 11.1 Å². The number of nitrogens with two attached hydrogens (primary N) is 1. The van der Waals surface area contributed by atoms with Gasteiger partial charge >= 0.3 is 4.87 Å². The fourth-order valence-corrected chi connectivity index (χ4v) is 5.02. The van der Waals surface area contributed by atoms with Gasteiger partial charge in [-0.2, -0.15) is 0 Å². The number of halogens is 1. The first kappa shape index (κ1) is 22.1. The number of amides is 1. The zero-order chi connectivity index (χ0) is 22.7. The molecule has 4 rings (SSSR count). The third kappa shape index (κ3) is 5.03. The van der Waals surface area contributed by atoms with Crippen LogP contribution in [-0.4, -0.2) is 16.2 Å². The van der Waals surface area contributed by atoms with Crippen LogP contribution in [0.15, 0.2) is 70.4 Å². The predicted molar refractivity (Wildman–Crippen MR) is 131 cm³/mol. The van der Waals surface area contributed by atoms with E-state index in [1.807, 2.05) is 30.3 Å². The van der Waals surface area contributed by atoms with Gasteiger partial charge in [0.2, 0.25) is 5.91 Å². The molecule has 32 heavy (non-hydrogen) atoms. The van der Waals surface area contributed by atoms with E-state index < -0.39 is 5.82 Å². The summed E-state index contributed by atoms with van der Waals surface area (Å²) in [5.41, 5.74) is 8.77. The number of fused-ring (bicyclic) bond motifs is 1. The summed E-state index contributed by atoms with van der Waals surface area (Å²) >= 11 is 2.87. The van der Waals surface area contributed by atoms with E-state index in [1.54, 1.807) is 34.5 Å². The Morgan fingerprint density at radius 2 is 1.84 bits per heavy atom. The maximum absolute atomic E-state index is 13.4. The molecule has 1 heterocycles. The first-order valence-corrected chi connectivity index (χ1v) is 11.9. The molecule has 8 heteroatoms. The fourth-order valence-electron chi connectivity index (χ4n) is 3.43. The van der Waals surface area contributed by atoms with Crippen molar-refractivity contribution in [1.82, 2.24) is 4.57 Å². The number of hydrogen-bond acceptors (Lipinski definition) is 5. The number of nitrogens with one attached hydrogen (secondary N) is 1. The van der Waals surface area contributed by atoms with Crippen LogP contribution in [0.5, 0.6) is 0 Å². The number of rotatable bonds is 7. The van der Waals surface area contributed by atoms with Gasteiger partial charge in [0.15, 0.2) is 0 Å². The minimum atomic E-state index is -0.479. The van der Waals surface area contributed by atoms with Crippen molar-refractivity contribution in [3.63, 3.8) is 0 Å². The molecule has 0 bridgehead atoms. The number of anilines is 2. The van der Waals surface area contributed by atoms with Crippen LogP contribution in [-0.2, 0) is 17.8 Å². The van der Waals surface area contributed by atoms with Crippen molar-refractivity contribution in [2.24, 2.45) is 0 Å². The number of carbonyl (C=O) groups is 1.